The van der Waals surface area contributed by atoms with Gasteiger partial charge in [-0.15, -0.1) is 0 Å². The number of hydrogen-bond acceptors (Lipinski definition) is 4. The summed E-state index contributed by atoms with van der Waals surface area (Å²) in [6.45, 7) is 4.09. The third-order valence-electron chi connectivity index (χ3n) is 4.80. The highest BCUT2D eigenvalue weighted by Gasteiger charge is 2.22. The number of carbonyl (C=O) groups excluding carboxylic acids is 1. The van der Waals surface area contributed by atoms with Gasteiger partial charge in [0.05, 0.1) is 11.7 Å². The average Bonchev–Trinajstić information content (AvgIpc) is 2.71. The number of carbonyl (C=O) groups is 1. The Kier molecular flexibility index (Phi) is 5.66. The molecule has 2 aromatic carbocycles. The summed E-state index contributed by atoms with van der Waals surface area (Å²) in [6.07, 6.45) is 1.21. The fourth-order valence-electron chi connectivity index (χ4n) is 3.37. The molecule has 27 heavy (non-hydrogen) atoms. The van der Waals surface area contributed by atoms with E-state index in [0.717, 1.165) is 22.0 Å². The summed E-state index contributed by atoms with van der Waals surface area (Å²) in [4.78, 5) is 25.2. The van der Waals surface area contributed by atoms with Crippen LogP contribution in [0.3, 0.4) is 0 Å². The van der Waals surface area contributed by atoms with E-state index in [1.54, 1.807) is 0 Å². The predicted molar refractivity (Wildman–Crippen MR) is 107 cm³/mol. The maximum Gasteiger partial charge on any atom is 0.277 e. The summed E-state index contributed by atoms with van der Waals surface area (Å²) in [5.74, 6) is -0.422. The summed E-state index contributed by atoms with van der Waals surface area (Å²) < 4.78 is 0. The highest BCUT2D eigenvalue weighted by molar-refractivity contribution is 5.96. The Morgan fingerprint density at radius 1 is 1.15 bits per heavy atom. The van der Waals surface area contributed by atoms with Crippen LogP contribution in [0.25, 0.3) is 10.8 Å². The molecule has 1 amide bonds. The summed E-state index contributed by atoms with van der Waals surface area (Å²) in [7, 11) is 0. The second-order valence-electron chi connectivity index (χ2n) is 6.43. The number of H-pyrrole nitrogens is 1. The lowest BCUT2D eigenvalue weighted by molar-refractivity contribution is 0.0935. The molecule has 0 radical (unpaired) electrons. The van der Waals surface area contributed by atoms with E-state index in [0.29, 0.717) is 18.4 Å². The van der Waals surface area contributed by atoms with Gasteiger partial charge in [-0.1, -0.05) is 50.2 Å². The van der Waals surface area contributed by atoms with Gasteiger partial charge in [-0.3, -0.25) is 9.59 Å². The third-order valence-corrected chi connectivity index (χ3v) is 4.80. The lowest BCUT2D eigenvalue weighted by Gasteiger charge is -2.19. The summed E-state index contributed by atoms with van der Waals surface area (Å²) in [5.41, 5.74) is 7.91. The van der Waals surface area contributed by atoms with Gasteiger partial charge in [0.15, 0.2) is 0 Å². The van der Waals surface area contributed by atoms with Crippen molar-refractivity contribution in [2.75, 3.05) is 6.54 Å². The molecule has 0 aliphatic heterocycles. The quantitative estimate of drug-likeness (QED) is 0.625. The van der Waals surface area contributed by atoms with Gasteiger partial charge in [0.1, 0.15) is 5.56 Å². The molecular weight excluding hydrogens is 340 g/mol. The van der Waals surface area contributed by atoms with E-state index in [1.807, 2.05) is 56.3 Å². The van der Waals surface area contributed by atoms with Gasteiger partial charge in [-0.25, -0.2) is 5.10 Å². The molecule has 3 rings (SSSR count). The fraction of sp³-hybridized carbons (Fsp3) is 0.286. The fourth-order valence-corrected chi connectivity index (χ4v) is 3.37. The van der Waals surface area contributed by atoms with Crippen molar-refractivity contribution in [3.05, 3.63) is 75.2 Å². The van der Waals surface area contributed by atoms with E-state index in [1.165, 1.54) is 0 Å². The molecule has 140 valence electrons. The van der Waals surface area contributed by atoms with Gasteiger partial charge in [-0.2, -0.15) is 5.10 Å². The van der Waals surface area contributed by atoms with E-state index in [-0.39, 0.29) is 18.2 Å². The van der Waals surface area contributed by atoms with Gasteiger partial charge in [0.25, 0.3) is 11.5 Å². The molecule has 0 saturated carbocycles. The van der Waals surface area contributed by atoms with Gasteiger partial charge < -0.3 is 11.1 Å². The van der Waals surface area contributed by atoms with Crippen molar-refractivity contribution in [2.24, 2.45) is 5.73 Å². The molecule has 0 aliphatic carbocycles. The Hall–Kier alpha value is -2.99. The van der Waals surface area contributed by atoms with Gasteiger partial charge >= 0.3 is 0 Å². The van der Waals surface area contributed by atoms with Crippen molar-refractivity contribution in [3.8, 4) is 0 Å². The minimum Gasteiger partial charge on any atom is -0.344 e. The number of rotatable bonds is 6. The molecule has 6 heteroatoms. The molecule has 1 heterocycles. The lowest BCUT2D eigenvalue weighted by Crippen LogP contribution is -2.37. The molecule has 0 bridgehead atoms. The van der Waals surface area contributed by atoms with Crippen LogP contribution in [0.15, 0.2) is 47.3 Å². The van der Waals surface area contributed by atoms with Crippen LogP contribution >= 0.6 is 0 Å². The summed E-state index contributed by atoms with van der Waals surface area (Å²) in [5, 5.41) is 11.6. The predicted octanol–water partition coefficient (Wildman–Crippen LogP) is 2.48. The number of aromatic nitrogens is 2. The second kappa shape index (κ2) is 8.14. The molecule has 0 fully saturated rings. The Morgan fingerprint density at radius 2 is 1.89 bits per heavy atom. The number of hydrogen-bond donors (Lipinski definition) is 3. The molecule has 0 spiro atoms. The van der Waals surface area contributed by atoms with Crippen LogP contribution in [0.1, 0.15) is 47.1 Å². The first-order valence-corrected chi connectivity index (χ1v) is 9.19. The Balaban J connectivity index is 1.94. The SMILES string of the molecule is CCc1n[nH]c(=O)c(C(=O)NC(CN)c2ccc3ccccc3c2)c1CC. The van der Waals surface area contributed by atoms with E-state index < -0.39 is 11.5 Å². The van der Waals surface area contributed by atoms with E-state index in [2.05, 4.69) is 15.5 Å². The molecule has 0 saturated heterocycles. The van der Waals surface area contributed by atoms with Crippen LogP contribution < -0.4 is 16.6 Å². The van der Waals surface area contributed by atoms with Crippen molar-refractivity contribution in [1.82, 2.24) is 15.5 Å². The van der Waals surface area contributed by atoms with Crippen LogP contribution in [-0.4, -0.2) is 22.6 Å². The van der Waals surface area contributed by atoms with Gasteiger partial charge in [-0.05, 0) is 40.8 Å². The number of aromatic amines is 1. The minimum atomic E-state index is -0.476. The van der Waals surface area contributed by atoms with Crippen LogP contribution in [0.2, 0.25) is 0 Å². The number of nitrogens with zero attached hydrogens (tertiary/aromatic N) is 1. The number of benzene rings is 2. The molecule has 3 aromatic rings. The number of amides is 1. The van der Waals surface area contributed by atoms with Crippen LogP contribution in [-0.2, 0) is 12.8 Å². The number of fused-ring (bicyclic) bond motifs is 1. The monoisotopic (exact) mass is 364 g/mol. The minimum absolute atomic E-state index is 0.128. The molecule has 1 aromatic heterocycles. The largest absolute Gasteiger partial charge is 0.344 e. The molecule has 6 nitrogen and oxygen atoms in total. The topological polar surface area (TPSA) is 101 Å². The van der Waals surface area contributed by atoms with Crippen molar-refractivity contribution in [1.29, 1.82) is 0 Å². The molecular formula is C21H24N4O2. The van der Waals surface area contributed by atoms with Crippen molar-refractivity contribution >= 4 is 16.7 Å². The summed E-state index contributed by atoms with van der Waals surface area (Å²) >= 11 is 0. The van der Waals surface area contributed by atoms with Gasteiger partial charge in [0, 0.05) is 6.54 Å². The summed E-state index contributed by atoms with van der Waals surface area (Å²) in [6, 6.07) is 13.6. The Labute approximate surface area is 157 Å². The first-order chi connectivity index (χ1) is 13.1. The zero-order valence-corrected chi connectivity index (χ0v) is 15.6. The molecule has 1 atom stereocenters. The number of aryl methyl sites for hydroxylation is 1. The average molecular weight is 364 g/mol. The van der Waals surface area contributed by atoms with E-state index in [9.17, 15) is 9.59 Å². The Morgan fingerprint density at radius 3 is 2.56 bits per heavy atom. The van der Waals surface area contributed by atoms with Crippen LogP contribution in [0, 0.1) is 0 Å². The Bertz CT molecular complexity index is 1030. The third kappa shape index (κ3) is 3.75. The molecule has 0 aliphatic rings. The van der Waals surface area contributed by atoms with E-state index >= 15 is 0 Å². The maximum absolute atomic E-state index is 12.9. The smallest absolute Gasteiger partial charge is 0.277 e. The van der Waals surface area contributed by atoms with Crippen molar-refractivity contribution in [3.63, 3.8) is 0 Å². The molecule has 1 unspecified atom stereocenters. The highest BCUT2D eigenvalue weighted by Crippen LogP contribution is 2.21. The number of nitrogens with one attached hydrogen (secondary N) is 2. The number of nitrogens with two attached hydrogens (primary N) is 1. The van der Waals surface area contributed by atoms with Crippen molar-refractivity contribution in [2.45, 2.75) is 32.7 Å². The lowest BCUT2D eigenvalue weighted by atomic mass is 10.00. The zero-order valence-electron chi connectivity index (χ0n) is 15.6. The van der Waals surface area contributed by atoms with Crippen molar-refractivity contribution < 1.29 is 4.79 Å². The van der Waals surface area contributed by atoms with Crippen LogP contribution in [0.4, 0.5) is 0 Å². The van der Waals surface area contributed by atoms with Gasteiger partial charge in [0.2, 0.25) is 0 Å². The zero-order chi connectivity index (χ0) is 19.4. The first-order valence-electron chi connectivity index (χ1n) is 9.19. The van der Waals surface area contributed by atoms with E-state index in [4.69, 9.17) is 5.73 Å². The standard InChI is InChI=1S/C21H24N4O2/c1-3-16-17(4-2)24-25-21(27)19(16)20(26)23-18(12-22)15-10-9-13-7-5-6-8-14(13)11-15/h5-11,18H,3-4,12,22H2,1-2H3,(H,23,26)(H,25,27). The normalized spacial score (nSPS) is 12.1. The molecule has 4 N–H and O–H groups in total. The second-order valence-corrected chi connectivity index (χ2v) is 6.43. The maximum atomic E-state index is 12.9. The highest BCUT2D eigenvalue weighted by atomic mass is 16.2. The van der Waals surface area contributed by atoms with Crippen LogP contribution in [0.5, 0.6) is 0 Å². The first kappa shape index (κ1) is 18.8.